The first kappa shape index (κ1) is 17.1. The first-order chi connectivity index (χ1) is 12.0. The summed E-state index contributed by atoms with van der Waals surface area (Å²) in [5.74, 6) is 0.0679. The molecular weight excluding hydrogens is 360 g/mol. The van der Waals surface area contributed by atoms with E-state index in [2.05, 4.69) is 26.2 Å². The van der Waals surface area contributed by atoms with Crippen molar-refractivity contribution in [3.05, 3.63) is 47.1 Å². The summed E-state index contributed by atoms with van der Waals surface area (Å²) in [6.45, 7) is -3.21. The molecule has 3 N–H and O–H groups in total. The molecule has 1 fully saturated rings. The highest BCUT2D eigenvalue weighted by Gasteiger charge is 2.26. The van der Waals surface area contributed by atoms with Crippen molar-refractivity contribution in [1.82, 2.24) is 21.5 Å². The van der Waals surface area contributed by atoms with Gasteiger partial charge in [-0.1, -0.05) is 23.7 Å². The van der Waals surface area contributed by atoms with Gasteiger partial charge in [0.2, 0.25) is 5.88 Å². The number of hydrogen-bond acceptors (Lipinski definition) is 6. The second-order valence-corrected chi connectivity index (χ2v) is 5.11. The molecule has 0 bridgehead atoms. The number of rotatable bonds is 6. The van der Waals surface area contributed by atoms with E-state index < -0.39 is 12.6 Å². The highest BCUT2D eigenvalue weighted by molar-refractivity contribution is 6.29. The number of nitrogens with zero attached hydrogens (tertiary/aromatic N) is 2. The van der Waals surface area contributed by atoms with Gasteiger partial charge >= 0.3 is 12.6 Å². The Hall–Kier alpha value is -2.69. The van der Waals surface area contributed by atoms with E-state index in [1.807, 2.05) is 0 Å². The minimum atomic E-state index is -3.03. The van der Waals surface area contributed by atoms with Crippen LogP contribution in [-0.2, 0) is 6.61 Å². The van der Waals surface area contributed by atoms with Crippen LogP contribution in [0.4, 0.5) is 19.3 Å². The van der Waals surface area contributed by atoms with E-state index in [1.54, 1.807) is 24.3 Å². The van der Waals surface area contributed by atoms with Crippen LogP contribution in [-0.4, -0.2) is 17.6 Å². The highest BCUT2D eigenvalue weighted by Crippen LogP contribution is 2.31. The molecule has 132 valence electrons. The minimum absolute atomic E-state index is 0.129. The number of halogens is 3. The first-order valence-electron chi connectivity index (χ1n) is 6.97. The quantitative estimate of drug-likeness (QED) is 0.676. The number of anilines is 1. The molecule has 2 amide bonds. The summed E-state index contributed by atoms with van der Waals surface area (Å²) in [7, 11) is 0. The van der Waals surface area contributed by atoms with E-state index in [0.717, 1.165) is 5.01 Å². The lowest BCUT2D eigenvalue weighted by Crippen LogP contribution is -2.38. The topological polar surface area (TPSA) is 87.8 Å². The zero-order chi connectivity index (χ0) is 17.8. The van der Waals surface area contributed by atoms with E-state index in [1.165, 1.54) is 12.1 Å². The smallest absolute Gasteiger partial charge is 0.387 e. The number of ether oxygens (including phenoxy) is 2. The molecule has 0 radical (unpaired) electrons. The molecular formula is C14H12ClF2N5O3. The van der Waals surface area contributed by atoms with Crippen LogP contribution < -0.4 is 31.0 Å². The van der Waals surface area contributed by atoms with Gasteiger partial charge in [0.1, 0.15) is 17.5 Å². The van der Waals surface area contributed by atoms with Gasteiger partial charge in [0.15, 0.2) is 0 Å². The Labute approximate surface area is 145 Å². The molecule has 0 unspecified atom stereocenters. The molecule has 0 saturated carbocycles. The van der Waals surface area contributed by atoms with Crippen molar-refractivity contribution >= 4 is 23.3 Å². The molecule has 1 aliphatic heterocycles. The summed E-state index contributed by atoms with van der Waals surface area (Å²) in [5.41, 5.74) is 7.73. The molecule has 2 aromatic rings. The van der Waals surface area contributed by atoms with Crippen molar-refractivity contribution in [3.63, 3.8) is 0 Å². The third kappa shape index (κ3) is 4.05. The molecule has 1 aromatic carbocycles. The maximum Gasteiger partial charge on any atom is 0.387 e. The normalized spacial score (nSPS) is 13.9. The van der Waals surface area contributed by atoms with Gasteiger partial charge < -0.3 is 9.47 Å². The van der Waals surface area contributed by atoms with Crippen molar-refractivity contribution in [2.45, 2.75) is 13.2 Å². The number of carbonyl (C=O) groups excluding carboxylic acids is 1. The Morgan fingerprint density at radius 1 is 1.24 bits per heavy atom. The molecule has 0 spiro atoms. The van der Waals surface area contributed by atoms with Gasteiger partial charge in [0, 0.05) is 6.07 Å². The van der Waals surface area contributed by atoms with Gasteiger partial charge in [-0.3, -0.25) is 5.43 Å². The lowest BCUT2D eigenvalue weighted by Gasteiger charge is -2.20. The zero-order valence-corrected chi connectivity index (χ0v) is 13.3. The van der Waals surface area contributed by atoms with Crippen LogP contribution in [0.15, 0.2) is 36.4 Å². The third-order valence-electron chi connectivity index (χ3n) is 3.16. The molecule has 2 heterocycles. The van der Waals surface area contributed by atoms with Crippen LogP contribution in [0.2, 0.25) is 5.15 Å². The van der Waals surface area contributed by atoms with Gasteiger partial charge in [-0.05, 0) is 18.2 Å². The Balaban J connectivity index is 1.91. The SMILES string of the molecule is O=C1NNNN1c1cccc(OC(F)F)c1COc1cccc(Cl)n1. The van der Waals surface area contributed by atoms with Gasteiger partial charge in [-0.15, -0.1) is 11.1 Å². The maximum atomic E-state index is 12.7. The third-order valence-corrected chi connectivity index (χ3v) is 3.37. The Morgan fingerprint density at radius 2 is 2.04 bits per heavy atom. The molecule has 3 rings (SSSR count). The van der Waals surface area contributed by atoms with Crippen molar-refractivity contribution in [2.24, 2.45) is 0 Å². The van der Waals surface area contributed by atoms with Crippen LogP contribution in [0.25, 0.3) is 0 Å². The van der Waals surface area contributed by atoms with Crippen LogP contribution in [0.1, 0.15) is 5.56 Å². The number of carbonyl (C=O) groups is 1. The van der Waals surface area contributed by atoms with Gasteiger partial charge in [0.05, 0.1) is 11.3 Å². The molecule has 25 heavy (non-hydrogen) atoms. The average molecular weight is 372 g/mol. The highest BCUT2D eigenvalue weighted by atomic mass is 35.5. The number of benzene rings is 1. The van der Waals surface area contributed by atoms with Gasteiger partial charge in [0.25, 0.3) is 0 Å². The molecule has 0 aliphatic carbocycles. The van der Waals surface area contributed by atoms with Crippen molar-refractivity contribution < 1.29 is 23.0 Å². The average Bonchev–Trinajstić information content (AvgIpc) is 2.99. The fourth-order valence-electron chi connectivity index (χ4n) is 2.14. The molecule has 8 nitrogen and oxygen atoms in total. The van der Waals surface area contributed by atoms with Crippen LogP contribution in [0, 0.1) is 0 Å². The number of amides is 2. The summed E-state index contributed by atoms with van der Waals surface area (Å²) < 4.78 is 35.4. The van der Waals surface area contributed by atoms with E-state index in [9.17, 15) is 13.6 Å². The van der Waals surface area contributed by atoms with E-state index in [0.29, 0.717) is 0 Å². The van der Waals surface area contributed by atoms with Crippen LogP contribution in [0.3, 0.4) is 0 Å². The monoisotopic (exact) mass is 371 g/mol. The standard InChI is InChI=1S/C14H12ClF2N5O3/c15-11-5-2-6-12(18-11)24-7-8-9(22-14(23)19-20-21-22)3-1-4-10(8)25-13(16)17/h1-6,13,20-21H,7H2,(H,19,23). The van der Waals surface area contributed by atoms with E-state index in [-0.39, 0.29) is 34.6 Å². The lowest BCUT2D eigenvalue weighted by molar-refractivity contribution is -0.0508. The number of pyridine rings is 1. The second-order valence-electron chi connectivity index (χ2n) is 4.72. The number of urea groups is 1. The summed E-state index contributed by atoms with van der Waals surface area (Å²) in [6, 6.07) is 8.59. The summed E-state index contributed by atoms with van der Waals surface area (Å²) in [5, 5.41) is 1.31. The molecule has 0 atom stereocenters. The van der Waals surface area contributed by atoms with Crippen molar-refractivity contribution in [3.8, 4) is 11.6 Å². The molecule has 1 aliphatic rings. The molecule has 1 saturated heterocycles. The predicted molar refractivity (Wildman–Crippen MR) is 83.9 cm³/mol. The number of aromatic nitrogens is 1. The Kier molecular flexibility index (Phi) is 5.12. The van der Waals surface area contributed by atoms with E-state index >= 15 is 0 Å². The number of nitrogens with one attached hydrogen (secondary N) is 3. The summed E-state index contributed by atoms with van der Waals surface area (Å²) in [4.78, 5) is 15.8. The Bertz CT molecular complexity index is 780. The van der Waals surface area contributed by atoms with Crippen LogP contribution >= 0.6 is 11.6 Å². The fourth-order valence-corrected chi connectivity index (χ4v) is 2.30. The van der Waals surface area contributed by atoms with Gasteiger partial charge in [-0.25, -0.2) is 14.8 Å². The summed E-state index contributed by atoms with van der Waals surface area (Å²) >= 11 is 5.79. The van der Waals surface area contributed by atoms with Crippen molar-refractivity contribution in [2.75, 3.05) is 5.01 Å². The predicted octanol–water partition coefficient (Wildman–Crippen LogP) is 2.37. The fraction of sp³-hybridized carbons (Fsp3) is 0.143. The second kappa shape index (κ2) is 7.47. The van der Waals surface area contributed by atoms with Gasteiger partial charge in [-0.2, -0.15) is 8.78 Å². The number of alkyl halides is 2. The van der Waals surface area contributed by atoms with Crippen LogP contribution in [0.5, 0.6) is 11.6 Å². The lowest BCUT2D eigenvalue weighted by atomic mass is 10.1. The number of hydrazine groups is 3. The van der Waals surface area contributed by atoms with Crippen molar-refractivity contribution in [1.29, 1.82) is 0 Å². The largest absolute Gasteiger partial charge is 0.473 e. The Morgan fingerprint density at radius 3 is 2.72 bits per heavy atom. The zero-order valence-electron chi connectivity index (χ0n) is 12.5. The minimum Gasteiger partial charge on any atom is -0.473 e. The molecule has 1 aromatic heterocycles. The van der Waals surface area contributed by atoms with E-state index in [4.69, 9.17) is 16.3 Å². The number of hydrogen-bond donors (Lipinski definition) is 3. The molecule has 11 heteroatoms. The maximum absolute atomic E-state index is 12.7. The summed E-state index contributed by atoms with van der Waals surface area (Å²) in [6.07, 6.45) is 0. The first-order valence-corrected chi connectivity index (χ1v) is 7.35.